The second kappa shape index (κ2) is 6.38. The fourth-order valence-corrected chi connectivity index (χ4v) is 2.29. The van der Waals surface area contributed by atoms with Crippen LogP contribution < -0.4 is 4.74 Å². The van der Waals surface area contributed by atoms with Crippen LogP contribution in [0.25, 0.3) is 0 Å². The molecule has 5 heteroatoms. The second-order valence-electron chi connectivity index (χ2n) is 3.86. The fourth-order valence-electron chi connectivity index (χ4n) is 1.54. The average Bonchev–Trinajstić information content (AvgIpc) is 2.39. The maximum atomic E-state index is 11.1. The first-order valence-corrected chi connectivity index (χ1v) is 7.33. The number of ether oxygens (including phenoxy) is 1. The highest BCUT2D eigenvalue weighted by Gasteiger charge is 2.11. The molecular weight excluding hydrogens is 423 g/mol. The first-order valence-electron chi connectivity index (χ1n) is 5.46. The lowest BCUT2D eigenvalue weighted by atomic mass is 10.2. The second-order valence-corrected chi connectivity index (χ2v) is 6.02. The van der Waals surface area contributed by atoms with E-state index in [1.165, 1.54) is 0 Å². The van der Waals surface area contributed by atoms with Crippen molar-refractivity contribution in [2.45, 2.75) is 6.61 Å². The summed E-state index contributed by atoms with van der Waals surface area (Å²) in [7, 11) is 0. The van der Waals surface area contributed by atoms with E-state index in [0.29, 0.717) is 12.4 Å². The van der Waals surface area contributed by atoms with Crippen molar-refractivity contribution in [1.29, 1.82) is 0 Å². The summed E-state index contributed by atoms with van der Waals surface area (Å²) in [5, 5.41) is 9.13. The summed E-state index contributed by atoms with van der Waals surface area (Å²) in [6.45, 7) is 0.341. The number of benzene rings is 2. The minimum Gasteiger partial charge on any atom is -0.488 e. The number of aromatic carboxylic acids is 1. The van der Waals surface area contributed by atoms with Gasteiger partial charge in [-0.2, -0.15) is 0 Å². The van der Waals surface area contributed by atoms with Crippen LogP contribution in [0.2, 0.25) is 0 Å². The van der Waals surface area contributed by atoms with Crippen LogP contribution in [0.15, 0.2) is 46.9 Å². The zero-order valence-electron chi connectivity index (χ0n) is 9.77. The van der Waals surface area contributed by atoms with Crippen molar-refractivity contribution in [3.05, 3.63) is 61.6 Å². The highest BCUT2D eigenvalue weighted by molar-refractivity contribution is 14.1. The average molecular weight is 433 g/mol. The Morgan fingerprint density at radius 1 is 1.21 bits per heavy atom. The molecule has 0 aliphatic heterocycles. The quantitative estimate of drug-likeness (QED) is 0.731. The van der Waals surface area contributed by atoms with Gasteiger partial charge in [0.15, 0.2) is 0 Å². The third kappa shape index (κ3) is 3.94. The van der Waals surface area contributed by atoms with Gasteiger partial charge in [-0.3, -0.25) is 0 Å². The van der Waals surface area contributed by atoms with Crippen molar-refractivity contribution in [2.75, 3.05) is 0 Å². The molecule has 0 radical (unpaired) electrons. The molecule has 0 unspecified atom stereocenters. The molecule has 0 saturated carbocycles. The van der Waals surface area contributed by atoms with Crippen molar-refractivity contribution in [2.24, 2.45) is 0 Å². The zero-order chi connectivity index (χ0) is 13.8. The SMILES string of the molecule is O=C(O)c1cc(I)ccc1OCc1ccc(Br)cc1. The highest BCUT2D eigenvalue weighted by atomic mass is 127. The number of rotatable bonds is 4. The Morgan fingerprint density at radius 2 is 1.89 bits per heavy atom. The smallest absolute Gasteiger partial charge is 0.339 e. The number of carbonyl (C=O) groups is 1. The molecule has 0 amide bonds. The van der Waals surface area contributed by atoms with Gasteiger partial charge < -0.3 is 9.84 Å². The molecule has 0 fully saturated rings. The van der Waals surface area contributed by atoms with Crippen LogP contribution in [0.4, 0.5) is 0 Å². The third-order valence-electron chi connectivity index (χ3n) is 2.48. The van der Waals surface area contributed by atoms with Gasteiger partial charge in [0.2, 0.25) is 0 Å². The summed E-state index contributed by atoms with van der Waals surface area (Å²) in [5.74, 6) is -0.597. The van der Waals surface area contributed by atoms with E-state index in [4.69, 9.17) is 9.84 Å². The molecule has 0 aliphatic rings. The van der Waals surface area contributed by atoms with Crippen LogP contribution in [-0.2, 0) is 6.61 Å². The van der Waals surface area contributed by atoms with Gasteiger partial charge in [0.05, 0.1) is 0 Å². The van der Waals surface area contributed by atoms with Crippen molar-refractivity contribution in [3.63, 3.8) is 0 Å². The van der Waals surface area contributed by atoms with E-state index < -0.39 is 5.97 Å². The maximum absolute atomic E-state index is 11.1. The van der Waals surface area contributed by atoms with Crippen molar-refractivity contribution in [1.82, 2.24) is 0 Å². The third-order valence-corrected chi connectivity index (χ3v) is 3.68. The van der Waals surface area contributed by atoms with E-state index in [0.717, 1.165) is 13.6 Å². The standard InChI is InChI=1S/C14H10BrIO3/c15-10-3-1-9(2-4-10)8-19-13-6-5-11(16)7-12(13)14(17)18/h1-7H,8H2,(H,17,18). The largest absolute Gasteiger partial charge is 0.488 e. The van der Waals surface area contributed by atoms with Crippen LogP contribution in [0.3, 0.4) is 0 Å². The van der Waals surface area contributed by atoms with Crippen molar-refractivity contribution in [3.8, 4) is 5.75 Å². The topological polar surface area (TPSA) is 46.5 Å². The molecule has 0 atom stereocenters. The summed E-state index contributed by atoms with van der Waals surface area (Å²) in [6.07, 6.45) is 0. The minimum absolute atomic E-state index is 0.184. The van der Waals surface area contributed by atoms with Gasteiger partial charge in [0, 0.05) is 8.04 Å². The Balaban J connectivity index is 2.15. The summed E-state index contributed by atoms with van der Waals surface area (Å²) in [6, 6.07) is 12.8. The fraction of sp³-hybridized carbons (Fsp3) is 0.0714. The summed E-state index contributed by atoms with van der Waals surface area (Å²) in [4.78, 5) is 11.1. The van der Waals surface area contributed by atoms with Crippen LogP contribution in [0.1, 0.15) is 15.9 Å². The predicted molar refractivity (Wildman–Crippen MR) is 84.6 cm³/mol. The minimum atomic E-state index is -0.982. The Kier molecular flexibility index (Phi) is 4.81. The van der Waals surface area contributed by atoms with Crippen LogP contribution in [0, 0.1) is 3.57 Å². The summed E-state index contributed by atoms with van der Waals surface area (Å²) in [5.41, 5.74) is 1.17. The molecule has 2 rings (SSSR count). The molecule has 0 spiro atoms. The number of hydrogen-bond acceptors (Lipinski definition) is 2. The molecule has 3 nitrogen and oxygen atoms in total. The van der Waals surface area contributed by atoms with Gasteiger partial charge in [0.1, 0.15) is 17.9 Å². The molecule has 98 valence electrons. The first kappa shape index (κ1) is 14.3. The van der Waals surface area contributed by atoms with Gasteiger partial charge in [-0.05, 0) is 58.5 Å². The Labute approximate surface area is 132 Å². The highest BCUT2D eigenvalue weighted by Crippen LogP contribution is 2.22. The van der Waals surface area contributed by atoms with E-state index in [1.807, 2.05) is 30.3 Å². The molecule has 0 heterocycles. The monoisotopic (exact) mass is 432 g/mol. The molecular formula is C14H10BrIO3. The molecule has 0 saturated heterocycles. The Bertz CT molecular complexity index is 596. The lowest BCUT2D eigenvalue weighted by Crippen LogP contribution is -2.03. The molecule has 1 N–H and O–H groups in total. The number of halogens is 2. The molecule has 19 heavy (non-hydrogen) atoms. The van der Waals surface area contributed by atoms with Gasteiger partial charge in [-0.1, -0.05) is 28.1 Å². The lowest BCUT2D eigenvalue weighted by molar-refractivity contribution is 0.0691. The van der Waals surface area contributed by atoms with Crippen molar-refractivity contribution >= 4 is 44.5 Å². The summed E-state index contributed by atoms with van der Waals surface area (Å²) < 4.78 is 7.44. The predicted octanol–water partition coefficient (Wildman–Crippen LogP) is 4.33. The molecule has 2 aromatic rings. The summed E-state index contributed by atoms with van der Waals surface area (Å²) >= 11 is 5.44. The van der Waals surface area contributed by atoms with Crippen LogP contribution >= 0.6 is 38.5 Å². The lowest BCUT2D eigenvalue weighted by Gasteiger charge is -2.09. The molecule has 2 aromatic carbocycles. The molecule has 0 aliphatic carbocycles. The van der Waals surface area contributed by atoms with E-state index in [2.05, 4.69) is 38.5 Å². The number of carboxylic acid groups (broad SMARTS) is 1. The van der Waals surface area contributed by atoms with Crippen LogP contribution in [-0.4, -0.2) is 11.1 Å². The number of carboxylic acids is 1. The van der Waals surface area contributed by atoms with Crippen LogP contribution in [0.5, 0.6) is 5.75 Å². The number of hydrogen-bond donors (Lipinski definition) is 1. The first-order chi connectivity index (χ1) is 9.06. The van der Waals surface area contributed by atoms with E-state index in [-0.39, 0.29) is 5.56 Å². The van der Waals surface area contributed by atoms with Gasteiger partial charge >= 0.3 is 5.97 Å². The molecule has 0 bridgehead atoms. The maximum Gasteiger partial charge on any atom is 0.339 e. The normalized spacial score (nSPS) is 10.2. The Hall–Kier alpha value is -1.08. The molecule has 0 aromatic heterocycles. The van der Waals surface area contributed by atoms with E-state index in [1.54, 1.807) is 12.1 Å². The van der Waals surface area contributed by atoms with E-state index >= 15 is 0 Å². The van der Waals surface area contributed by atoms with E-state index in [9.17, 15) is 4.79 Å². The van der Waals surface area contributed by atoms with Crippen molar-refractivity contribution < 1.29 is 14.6 Å². The zero-order valence-corrected chi connectivity index (χ0v) is 13.5. The van der Waals surface area contributed by atoms with Gasteiger partial charge in [0.25, 0.3) is 0 Å². The van der Waals surface area contributed by atoms with Gasteiger partial charge in [-0.25, -0.2) is 4.79 Å². The Morgan fingerprint density at radius 3 is 2.53 bits per heavy atom. The van der Waals surface area contributed by atoms with Gasteiger partial charge in [-0.15, -0.1) is 0 Å².